The molecule has 0 saturated carbocycles. The van der Waals surface area contributed by atoms with Crippen LogP contribution in [0.1, 0.15) is 27.8 Å². The Labute approximate surface area is 75.6 Å². The molecule has 0 saturated heterocycles. The van der Waals surface area contributed by atoms with Crippen molar-refractivity contribution in [2.45, 2.75) is 34.1 Å². The molecule has 0 heterocycles. The minimum absolute atomic E-state index is 0.897. The van der Waals surface area contributed by atoms with Gasteiger partial charge in [0.15, 0.2) is 0 Å². The smallest absolute Gasteiger partial charge is 0.0276 e. The lowest BCUT2D eigenvalue weighted by atomic mass is 9.94. The Morgan fingerprint density at radius 2 is 1.58 bits per heavy atom. The van der Waals surface area contributed by atoms with Crippen molar-refractivity contribution < 1.29 is 0 Å². The fourth-order valence-electron chi connectivity index (χ4n) is 1.56. The van der Waals surface area contributed by atoms with Crippen LogP contribution in [0.4, 0.5) is 0 Å². The molecule has 0 heteroatoms. The molecule has 12 heavy (non-hydrogen) atoms. The molecular weight excluding hydrogens is 144 g/mol. The molecule has 0 spiro atoms. The van der Waals surface area contributed by atoms with Gasteiger partial charge in [0.2, 0.25) is 0 Å². The molecule has 0 aromatic heterocycles. The molecule has 0 N–H and O–H groups in total. The topological polar surface area (TPSA) is 0 Å². The minimum Gasteiger partial charge on any atom is -0.0556 e. The average molecular weight is 161 g/mol. The van der Waals surface area contributed by atoms with Gasteiger partial charge in [-0.3, -0.25) is 0 Å². The molecule has 1 rings (SSSR count). The molecule has 0 aliphatic rings. The monoisotopic (exact) mass is 161 g/mol. The molecule has 1 radical (unpaired) electrons. The summed E-state index contributed by atoms with van der Waals surface area (Å²) in [5.74, 6) is 0. The van der Waals surface area contributed by atoms with Gasteiger partial charge in [-0.2, -0.15) is 0 Å². The molecule has 65 valence electrons. The lowest BCUT2D eigenvalue weighted by molar-refractivity contribution is 1.13. The molecule has 0 bridgehead atoms. The van der Waals surface area contributed by atoms with Gasteiger partial charge in [-0.05, 0) is 68.9 Å². The molecule has 0 amide bonds. The summed E-state index contributed by atoms with van der Waals surface area (Å²) in [5, 5.41) is 0. The van der Waals surface area contributed by atoms with Crippen molar-refractivity contribution in [1.29, 1.82) is 0 Å². The lowest BCUT2D eigenvalue weighted by Crippen LogP contribution is -1.96. The first-order valence-corrected chi connectivity index (χ1v) is 4.43. The molecule has 0 aliphatic heterocycles. The molecule has 0 atom stereocenters. The van der Waals surface area contributed by atoms with E-state index in [-0.39, 0.29) is 0 Å². The van der Waals surface area contributed by atoms with E-state index in [0.29, 0.717) is 0 Å². The van der Waals surface area contributed by atoms with Crippen LogP contribution in [0.5, 0.6) is 0 Å². The predicted molar refractivity (Wildman–Crippen MR) is 54.5 cm³/mol. The fraction of sp³-hybridized carbons (Fsp3) is 0.417. The first kappa shape index (κ1) is 9.31. The van der Waals surface area contributed by atoms with Gasteiger partial charge in [-0.25, -0.2) is 0 Å². The third-order valence-corrected chi connectivity index (χ3v) is 2.86. The summed E-state index contributed by atoms with van der Waals surface area (Å²) in [6, 6.07) is 2.25. The first-order valence-electron chi connectivity index (χ1n) is 4.43. The second-order valence-corrected chi connectivity index (χ2v) is 3.48. The first-order chi connectivity index (χ1) is 5.57. The summed E-state index contributed by atoms with van der Waals surface area (Å²) in [6.45, 7) is 12.7. The molecule has 1 aromatic rings. The second kappa shape index (κ2) is 3.30. The van der Waals surface area contributed by atoms with Gasteiger partial charge in [0.05, 0.1) is 0 Å². The highest BCUT2D eigenvalue weighted by atomic mass is 14.1. The standard InChI is InChI=1S/C12H17/c1-6-12-7-8(2)9(3)10(4)11(12)5/h7H,1,6H2,2-5H3. The Hall–Kier alpha value is -0.780. The van der Waals surface area contributed by atoms with Crippen LogP contribution in [0.3, 0.4) is 0 Å². The van der Waals surface area contributed by atoms with Crippen molar-refractivity contribution in [3.63, 3.8) is 0 Å². The largest absolute Gasteiger partial charge is 0.0556 e. The molecule has 1 aromatic carbocycles. The van der Waals surface area contributed by atoms with Crippen LogP contribution in [0, 0.1) is 34.6 Å². The van der Waals surface area contributed by atoms with Crippen molar-refractivity contribution in [3.8, 4) is 0 Å². The van der Waals surface area contributed by atoms with E-state index in [0.717, 1.165) is 6.42 Å². The number of hydrogen-bond acceptors (Lipinski definition) is 0. The van der Waals surface area contributed by atoms with E-state index in [2.05, 4.69) is 40.7 Å². The summed E-state index contributed by atoms with van der Waals surface area (Å²) in [4.78, 5) is 0. The van der Waals surface area contributed by atoms with E-state index >= 15 is 0 Å². The van der Waals surface area contributed by atoms with E-state index in [9.17, 15) is 0 Å². The van der Waals surface area contributed by atoms with Gasteiger partial charge < -0.3 is 0 Å². The summed E-state index contributed by atoms with van der Waals surface area (Å²) < 4.78 is 0. The summed E-state index contributed by atoms with van der Waals surface area (Å²) >= 11 is 0. The average Bonchev–Trinajstić information content (AvgIpc) is 2.08. The fourth-order valence-corrected chi connectivity index (χ4v) is 1.56. The van der Waals surface area contributed by atoms with Crippen LogP contribution in [0.25, 0.3) is 0 Å². The maximum atomic E-state index is 3.93. The highest BCUT2D eigenvalue weighted by Crippen LogP contribution is 2.21. The van der Waals surface area contributed by atoms with Crippen molar-refractivity contribution in [2.24, 2.45) is 0 Å². The van der Waals surface area contributed by atoms with Crippen LogP contribution >= 0.6 is 0 Å². The predicted octanol–water partition coefficient (Wildman–Crippen LogP) is 3.30. The number of benzene rings is 1. The van der Waals surface area contributed by atoms with Crippen molar-refractivity contribution in [1.82, 2.24) is 0 Å². The molecule has 0 fully saturated rings. The van der Waals surface area contributed by atoms with Crippen LogP contribution < -0.4 is 0 Å². The zero-order valence-corrected chi connectivity index (χ0v) is 8.49. The maximum absolute atomic E-state index is 3.93. The van der Waals surface area contributed by atoms with Crippen LogP contribution in [0.15, 0.2) is 6.07 Å². The molecular formula is C12H17. The van der Waals surface area contributed by atoms with Crippen molar-refractivity contribution in [2.75, 3.05) is 0 Å². The summed E-state index contributed by atoms with van der Waals surface area (Å²) in [7, 11) is 0. The van der Waals surface area contributed by atoms with Crippen molar-refractivity contribution in [3.05, 3.63) is 40.8 Å². The Morgan fingerprint density at radius 3 is 2.08 bits per heavy atom. The normalized spacial score (nSPS) is 10.4. The molecule has 0 aliphatic carbocycles. The highest BCUT2D eigenvalue weighted by molar-refractivity contribution is 5.43. The SMILES string of the molecule is [CH2]Cc1cc(C)c(C)c(C)c1C. The van der Waals surface area contributed by atoms with Crippen LogP contribution in [-0.2, 0) is 6.42 Å². The van der Waals surface area contributed by atoms with Gasteiger partial charge in [0, 0.05) is 0 Å². The Kier molecular flexibility index (Phi) is 2.56. The van der Waals surface area contributed by atoms with E-state index in [1.807, 2.05) is 0 Å². The maximum Gasteiger partial charge on any atom is -0.0276 e. The van der Waals surface area contributed by atoms with E-state index < -0.39 is 0 Å². The zero-order valence-electron chi connectivity index (χ0n) is 8.49. The molecule has 0 nitrogen and oxygen atoms in total. The zero-order chi connectivity index (χ0) is 9.30. The Morgan fingerprint density at radius 1 is 1.00 bits per heavy atom. The Bertz CT molecular complexity index is 295. The van der Waals surface area contributed by atoms with Crippen molar-refractivity contribution >= 4 is 0 Å². The lowest BCUT2D eigenvalue weighted by Gasteiger charge is -2.12. The minimum atomic E-state index is 0.897. The molecule has 0 unspecified atom stereocenters. The number of aryl methyl sites for hydroxylation is 1. The van der Waals surface area contributed by atoms with Gasteiger partial charge in [-0.1, -0.05) is 6.07 Å². The second-order valence-electron chi connectivity index (χ2n) is 3.48. The van der Waals surface area contributed by atoms with Gasteiger partial charge in [0.1, 0.15) is 0 Å². The van der Waals surface area contributed by atoms with Gasteiger partial charge >= 0.3 is 0 Å². The number of hydrogen-bond donors (Lipinski definition) is 0. The van der Waals surface area contributed by atoms with E-state index in [1.54, 1.807) is 0 Å². The van der Waals surface area contributed by atoms with E-state index in [1.165, 1.54) is 27.8 Å². The third-order valence-electron chi connectivity index (χ3n) is 2.86. The number of rotatable bonds is 1. The van der Waals surface area contributed by atoms with Gasteiger partial charge in [0.25, 0.3) is 0 Å². The van der Waals surface area contributed by atoms with Crippen LogP contribution in [0.2, 0.25) is 0 Å². The Balaban J connectivity index is 3.39. The third kappa shape index (κ3) is 1.38. The van der Waals surface area contributed by atoms with E-state index in [4.69, 9.17) is 0 Å². The summed E-state index contributed by atoms with van der Waals surface area (Å²) in [6.07, 6.45) is 0.897. The highest BCUT2D eigenvalue weighted by Gasteiger charge is 2.04. The quantitative estimate of drug-likeness (QED) is 0.593. The van der Waals surface area contributed by atoms with Crippen LogP contribution in [-0.4, -0.2) is 0 Å². The summed E-state index contributed by atoms with van der Waals surface area (Å²) in [5.41, 5.74) is 7.03. The van der Waals surface area contributed by atoms with Gasteiger partial charge in [-0.15, -0.1) is 0 Å².